The summed E-state index contributed by atoms with van der Waals surface area (Å²) >= 11 is 0. The molecule has 0 heterocycles. The Hall–Kier alpha value is -1.66. The molecule has 1 rings (SSSR count). The fraction of sp³-hybridized carbons (Fsp3) is 0.467. The summed E-state index contributed by atoms with van der Waals surface area (Å²) in [5.41, 5.74) is 3.05. The molecule has 1 unspecified atom stereocenters. The first-order valence-electron chi connectivity index (χ1n) is 6.17. The Kier molecular flexibility index (Phi) is 5.54. The van der Waals surface area contributed by atoms with E-state index in [1.165, 1.54) is 0 Å². The smallest absolute Gasteiger partial charge is 0.156 e. The number of hydrogen-bond acceptors (Lipinski definition) is 3. The molecule has 0 N–H and O–H groups in total. The second-order valence-electron chi connectivity index (χ2n) is 4.32. The molecule has 0 bridgehead atoms. The fourth-order valence-corrected chi connectivity index (χ4v) is 1.74. The number of aryl methyl sites for hydroxylation is 2. The Balaban J connectivity index is 2.80. The molecule has 0 aliphatic heterocycles. The van der Waals surface area contributed by atoms with E-state index in [2.05, 4.69) is 6.07 Å². The Morgan fingerprint density at radius 2 is 2.11 bits per heavy atom. The number of nitrogens with zero attached hydrogens (tertiary/aromatic N) is 1. The molecular weight excluding hydrogens is 226 g/mol. The summed E-state index contributed by atoms with van der Waals surface area (Å²) in [6, 6.07) is 7.81. The third-order valence-electron chi connectivity index (χ3n) is 3.01. The van der Waals surface area contributed by atoms with E-state index in [9.17, 15) is 4.79 Å². The van der Waals surface area contributed by atoms with Crippen LogP contribution in [0.15, 0.2) is 18.2 Å². The van der Waals surface area contributed by atoms with Crippen LogP contribution in [0.5, 0.6) is 0 Å². The van der Waals surface area contributed by atoms with Crippen molar-refractivity contribution < 1.29 is 9.53 Å². The van der Waals surface area contributed by atoms with Crippen molar-refractivity contribution in [1.29, 1.82) is 5.26 Å². The maximum atomic E-state index is 11.9. The van der Waals surface area contributed by atoms with E-state index < -0.39 is 5.92 Å². The van der Waals surface area contributed by atoms with E-state index in [0.29, 0.717) is 19.6 Å². The molecule has 0 aliphatic carbocycles. The summed E-state index contributed by atoms with van der Waals surface area (Å²) < 4.78 is 5.15. The van der Waals surface area contributed by atoms with Crippen LogP contribution in [-0.4, -0.2) is 19.0 Å². The summed E-state index contributed by atoms with van der Waals surface area (Å²) in [4.78, 5) is 11.9. The van der Waals surface area contributed by atoms with Crippen molar-refractivity contribution in [1.82, 2.24) is 0 Å². The minimum Gasteiger partial charge on any atom is -0.381 e. The second-order valence-corrected chi connectivity index (χ2v) is 4.32. The van der Waals surface area contributed by atoms with Gasteiger partial charge in [-0.2, -0.15) is 5.26 Å². The van der Waals surface area contributed by atoms with Crippen LogP contribution in [-0.2, 0) is 9.53 Å². The minimum absolute atomic E-state index is 0.0748. The summed E-state index contributed by atoms with van der Waals surface area (Å²) in [5, 5.41) is 9.15. The second kappa shape index (κ2) is 6.93. The molecule has 18 heavy (non-hydrogen) atoms. The number of carbonyl (C=O) groups excluding carboxylic acids is 1. The average molecular weight is 245 g/mol. The fourth-order valence-electron chi connectivity index (χ4n) is 1.74. The summed E-state index contributed by atoms with van der Waals surface area (Å²) in [6.45, 7) is 6.86. The van der Waals surface area contributed by atoms with Gasteiger partial charge in [0, 0.05) is 13.0 Å². The van der Waals surface area contributed by atoms with Gasteiger partial charge in [-0.05, 0) is 37.5 Å². The predicted molar refractivity (Wildman–Crippen MR) is 70.4 cm³/mol. The van der Waals surface area contributed by atoms with Gasteiger partial charge in [0.05, 0.1) is 12.7 Å². The van der Waals surface area contributed by atoms with Crippen molar-refractivity contribution in [2.24, 2.45) is 0 Å². The Bertz CT molecular complexity index is 460. The molecule has 1 atom stereocenters. The lowest BCUT2D eigenvalue weighted by Gasteiger charge is -2.10. The largest absolute Gasteiger partial charge is 0.381 e. The lowest BCUT2D eigenvalue weighted by atomic mass is 9.92. The van der Waals surface area contributed by atoms with Crippen LogP contribution in [0.1, 0.15) is 36.0 Å². The van der Waals surface area contributed by atoms with Crippen molar-refractivity contribution in [2.75, 3.05) is 13.2 Å². The number of ketones is 1. The lowest BCUT2D eigenvalue weighted by molar-refractivity contribution is -0.120. The van der Waals surface area contributed by atoms with Gasteiger partial charge in [-0.25, -0.2) is 0 Å². The first-order valence-corrected chi connectivity index (χ1v) is 6.17. The van der Waals surface area contributed by atoms with E-state index in [0.717, 1.165) is 16.7 Å². The highest BCUT2D eigenvalue weighted by molar-refractivity contribution is 5.88. The zero-order valence-corrected chi connectivity index (χ0v) is 11.2. The molecule has 0 amide bonds. The highest BCUT2D eigenvalue weighted by Crippen LogP contribution is 2.20. The van der Waals surface area contributed by atoms with Crippen LogP contribution in [0.25, 0.3) is 0 Å². The molecule has 0 spiro atoms. The molecule has 0 saturated carbocycles. The number of nitriles is 1. The third kappa shape index (κ3) is 3.68. The number of carbonyl (C=O) groups is 1. The van der Waals surface area contributed by atoms with Crippen LogP contribution in [0.2, 0.25) is 0 Å². The first-order chi connectivity index (χ1) is 8.60. The monoisotopic (exact) mass is 245 g/mol. The number of ether oxygens (including phenoxy) is 1. The van der Waals surface area contributed by atoms with Crippen LogP contribution < -0.4 is 0 Å². The van der Waals surface area contributed by atoms with Crippen LogP contribution >= 0.6 is 0 Å². The normalized spacial score (nSPS) is 11.9. The van der Waals surface area contributed by atoms with E-state index in [1.54, 1.807) is 0 Å². The van der Waals surface area contributed by atoms with Crippen LogP contribution in [0, 0.1) is 25.2 Å². The predicted octanol–water partition coefficient (Wildman–Crippen LogP) is 2.91. The van der Waals surface area contributed by atoms with Gasteiger partial charge in [-0.1, -0.05) is 18.2 Å². The molecule has 1 aromatic carbocycles. The van der Waals surface area contributed by atoms with Crippen molar-refractivity contribution in [3.05, 3.63) is 34.9 Å². The average Bonchev–Trinajstić information content (AvgIpc) is 2.35. The molecule has 0 aromatic heterocycles. The zero-order chi connectivity index (χ0) is 13.5. The van der Waals surface area contributed by atoms with Gasteiger partial charge in [0.25, 0.3) is 0 Å². The Morgan fingerprint density at radius 1 is 1.39 bits per heavy atom. The zero-order valence-electron chi connectivity index (χ0n) is 11.2. The van der Waals surface area contributed by atoms with Gasteiger partial charge >= 0.3 is 0 Å². The Labute approximate surface area is 108 Å². The minimum atomic E-state index is -0.676. The molecule has 96 valence electrons. The van der Waals surface area contributed by atoms with E-state index in [1.807, 2.05) is 39.0 Å². The maximum Gasteiger partial charge on any atom is 0.156 e. The van der Waals surface area contributed by atoms with Crippen molar-refractivity contribution in [2.45, 2.75) is 33.1 Å². The highest BCUT2D eigenvalue weighted by atomic mass is 16.5. The first kappa shape index (κ1) is 14.4. The van der Waals surface area contributed by atoms with Gasteiger partial charge in [-0.15, -0.1) is 0 Å². The topological polar surface area (TPSA) is 50.1 Å². The highest BCUT2D eigenvalue weighted by Gasteiger charge is 2.19. The Morgan fingerprint density at radius 3 is 2.67 bits per heavy atom. The number of rotatable bonds is 6. The molecule has 0 fully saturated rings. The van der Waals surface area contributed by atoms with Gasteiger partial charge in [0.2, 0.25) is 0 Å². The molecule has 1 aromatic rings. The molecule has 3 heteroatoms. The van der Waals surface area contributed by atoms with Gasteiger partial charge < -0.3 is 4.74 Å². The molecule has 3 nitrogen and oxygen atoms in total. The summed E-state index contributed by atoms with van der Waals surface area (Å²) in [7, 11) is 0. The van der Waals surface area contributed by atoms with Crippen molar-refractivity contribution in [3.63, 3.8) is 0 Å². The van der Waals surface area contributed by atoms with E-state index >= 15 is 0 Å². The molecule has 0 aliphatic rings. The molecular formula is C15H19NO2. The maximum absolute atomic E-state index is 11.9. The van der Waals surface area contributed by atoms with Crippen molar-refractivity contribution in [3.8, 4) is 6.07 Å². The van der Waals surface area contributed by atoms with Crippen molar-refractivity contribution >= 4 is 5.78 Å². The van der Waals surface area contributed by atoms with Gasteiger partial charge in [-0.3, -0.25) is 4.79 Å². The quantitative estimate of drug-likeness (QED) is 0.724. The van der Waals surface area contributed by atoms with E-state index in [4.69, 9.17) is 10.00 Å². The third-order valence-corrected chi connectivity index (χ3v) is 3.01. The lowest BCUT2D eigenvalue weighted by Crippen LogP contribution is -2.13. The number of Topliss-reactive ketones (excluding diaryl/α,β-unsaturated/α-hetero) is 1. The van der Waals surface area contributed by atoms with Crippen LogP contribution in [0.4, 0.5) is 0 Å². The van der Waals surface area contributed by atoms with Crippen LogP contribution in [0.3, 0.4) is 0 Å². The number of hydrogen-bond donors (Lipinski definition) is 0. The summed E-state index contributed by atoms with van der Waals surface area (Å²) in [6.07, 6.45) is 0.291. The molecule has 0 radical (unpaired) electrons. The SMILES string of the molecule is CCOCCC(=O)C(C#N)c1ccc(C)c(C)c1. The molecule has 0 saturated heterocycles. The number of benzene rings is 1. The van der Waals surface area contributed by atoms with E-state index in [-0.39, 0.29) is 5.78 Å². The van der Waals surface area contributed by atoms with Gasteiger partial charge in [0.15, 0.2) is 5.78 Å². The van der Waals surface area contributed by atoms with Gasteiger partial charge in [0.1, 0.15) is 5.92 Å². The summed E-state index contributed by atoms with van der Waals surface area (Å²) in [5.74, 6) is -0.751. The standard InChI is InChI=1S/C15H19NO2/c1-4-18-8-7-15(17)14(10-16)13-6-5-11(2)12(3)9-13/h5-6,9,14H,4,7-8H2,1-3H3.